The summed E-state index contributed by atoms with van der Waals surface area (Å²) in [6, 6.07) is -0.765. The second kappa shape index (κ2) is 19.6. The molecule has 0 aromatic carbocycles. The molecule has 132 valence electrons. The Labute approximate surface area is 135 Å². The molecule has 1 atom stereocenters. The topological polar surface area (TPSA) is 87.3 Å². The van der Waals surface area contributed by atoms with Gasteiger partial charge in [0.1, 0.15) is 11.8 Å². The highest BCUT2D eigenvalue weighted by atomic mass is 16.2. The lowest BCUT2D eigenvalue weighted by molar-refractivity contribution is -0.131. The van der Waals surface area contributed by atoms with Crippen molar-refractivity contribution in [2.24, 2.45) is 0 Å². The maximum absolute atomic E-state index is 11.8. The summed E-state index contributed by atoms with van der Waals surface area (Å²) in [7, 11) is 1.78. The van der Waals surface area contributed by atoms with Crippen molar-refractivity contribution in [3.63, 3.8) is 0 Å². The molecule has 0 aromatic rings. The van der Waals surface area contributed by atoms with Crippen molar-refractivity contribution in [3.05, 3.63) is 0 Å². The molecule has 0 fully saturated rings. The first kappa shape index (κ1) is 25.5. The van der Waals surface area contributed by atoms with E-state index in [0.29, 0.717) is 25.9 Å². The first-order chi connectivity index (χ1) is 10.5. The van der Waals surface area contributed by atoms with Crippen molar-refractivity contribution >= 4 is 17.6 Å². The van der Waals surface area contributed by atoms with Crippen LogP contribution in [0.1, 0.15) is 60.8 Å². The Morgan fingerprint density at radius 1 is 1.00 bits per heavy atom. The van der Waals surface area contributed by atoms with E-state index in [9.17, 15) is 14.4 Å². The number of likely N-dealkylation sites (N-methyl/N-ethyl adjacent to an activating group) is 1. The molecule has 0 aliphatic heterocycles. The normalized spacial score (nSPS) is 10.1. The first-order valence-electron chi connectivity index (χ1n) is 8.22. The highest BCUT2D eigenvalue weighted by Crippen LogP contribution is 1.96. The third kappa shape index (κ3) is 16.6. The largest absolute Gasteiger partial charge is 0.353 e. The van der Waals surface area contributed by atoms with Gasteiger partial charge in [-0.05, 0) is 20.4 Å². The van der Waals surface area contributed by atoms with E-state index in [-0.39, 0.29) is 24.0 Å². The number of amides is 2. The second-order valence-electron chi connectivity index (χ2n) is 4.17. The molecule has 0 aliphatic rings. The van der Waals surface area contributed by atoms with Gasteiger partial charge in [0.15, 0.2) is 0 Å². The molecule has 0 heterocycles. The van der Waals surface area contributed by atoms with E-state index in [1.807, 2.05) is 34.6 Å². The number of carbonyl (C=O) groups excluding carboxylic acids is 3. The molecule has 0 rings (SSSR count). The summed E-state index contributed by atoms with van der Waals surface area (Å²) in [5, 5.41) is 8.15. The number of rotatable bonds is 9. The van der Waals surface area contributed by atoms with Gasteiger partial charge in [-0.2, -0.15) is 0 Å². The van der Waals surface area contributed by atoms with Gasteiger partial charge < -0.3 is 16.0 Å². The van der Waals surface area contributed by atoms with Crippen LogP contribution in [0.3, 0.4) is 0 Å². The van der Waals surface area contributed by atoms with Crippen LogP contribution in [-0.2, 0) is 14.4 Å². The molecule has 0 spiro atoms. The van der Waals surface area contributed by atoms with Crippen LogP contribution in [0.5, 0.6) is 0 Å². The monoisotopic (exact) mass is 317 g/mol. The first-order valence-corrected chi connectivity index (χ1v) is 8.22. The fourth-order valence-electron chi connectivity index (χ4n) is 1.42. The van der Waals surface area contributed by atoms with Crippen LogP contribution in [0, 0.1) is 0 Å². The van der Waals surface area contributed by atoms with E-state index in [0.717, 1.165) is 0 Å². The number of Topliss-reactive ketones (excluding diaryl/α,β-unsaturated/α-hetero) is 1. The molecular weight excluding hydrogens is 282 g/mol. The average molecular weight is 317 g/mol. The van der Waals surface area contributed by atoms with E-state index in [4.69, 9.17) is 0 Å². The summed E-state index contributed by atoms with van der Waals surface area (Å²) in [6.07, 6.45) is 1.10. The minimum absolute atomic E-state index is 0.0286. The molecule has 6 heteroatoms. The van der Waals surface area contributed by atoms with Gasteiger partial charge in [0.25, 0.3) is 0 Å². The van der Waals surface area contributed by atoms with E-state index in [1.54, 1.807) is 7.05 Å². The Morgan fingerprint density at radius 2 is 1.55 bits per heavy atom. The molecular formula is C16H35N3O3. The van der Waals surface area contributed by atoms with Crippen molar-refractivity contribution < 1.29 is 14.4 Å². The summed E-state index contributed by atoms with van der Waals surface area (Å²) >= 11 is 0. The van der Waals surface area contributed by atoms with Gasteiger partial charge in [-0.15, -0.1) is 0 Å². The smallest absolute Gasteiger partial charge is 0.243 e. The Kier molecular flexibility index (Phi) is 22.7. The van der Waals surface area contributed by atoms with Crippen LogP contribution in [-0.4, -0.2) is 43.8 Å². The summed E-state index contributed by atoms with van der Waals surface area (Å²) in [6.45, 7) is 12.4. The third-order valence-corrected chi connectivity index (χ3v) is 2.29. The van der Waals surface area contributed by atoms with E-state index in [1.165, 1.54) is 6.92 Å². The molecule has 22 heavy (non-hydrogen) atoms. The van der Waals surface area contributed by atoms with Gasteiger partial charge in [-0.25, -0.2) is 0 Å². The molecule has 0 aliphatic carbocycles. The maximum Gasteiger partial charge on any atom is 0.243 e. The van der Waals surface area contributed by atoms with Gasteiger partial charge in [0, 0.05) is 25.9 Å². The van der Waals surface area contributed by atoms with Gasteiger partial charge in [-0.1, -0.05) is 34.6 Å². The number of hydrogen-bond acceptors (Lipinski definition) is 4. The van der Waals surface area contributed by atoms with Crippen LogP contribution in [0.25, 0.3) is 0 Å². The number of nitrogens with one attached hydrogen (secondary N) is 3. The van der Waals surface area contributed by atoms with E-state index < -0.39 is 6.04 Å². The summed E-state index contributed by atoms with van der Waals surface area (Å²) in [5.74, 6) is -0.641. The molecule has 0 saturated carbocycles. The predicted octanol–water partition coefficient (Wildman–Crippen LogP) is 1.64. The van der Waals surface area contributed by atoms with E-state index >= 15 is 0 Å². The zero-order valence-corrected chi connectivity index (χ0v) is 15.3. The summed E-state index contributed by atoms with van der Waals surface area (Å²) in [5.41, 5.74) is 0. The lowest BCUT2D eigenvalue weighted by Crippen LogP contribution is -2.48. The molecule has 1 unspecified atom stereocenters. The van der Waals surface area contributed by atoms with Gasteiger partial charge in [-0.3, -0.25) is 14.4 Å². The highest BCUT2D eigenvalue weighted by molar-refractivity contribution is 5.91. The fourth-order valence-corrected chi connectivity index (χ4v) is 1.42. The SMILES string of the molecule is CC.CC.CCCC(=O)NC(CC(C)=O)C(=O)NCCNC. The highest BCUT2D eigenvalue weighted by Gasteiger charge is 2.21. The second-order valence-corrected chi connectivity index (χ2v) is 4.17. The van der Waals surface area contributed by atoms with Crippen LogP contribution in [0.2, 0.25) is 0 Å². The number of hydrogen-bond donors (Lipinski definition) is 3. The van der Waals surface area contributed by atoms with Crippen molar-refractivity contribution in [1.82, 2.24) is 16.0 Å². The molecule has 3 N–H and O–H groups in total. The average Bonchev–Trinajstić information content (AvgIpc) is 2.50. The van der Waals surface area contributed by atoms with Crippen LogP contribution < -0.4 is 16.0 Å². The van der Waals surface area contributed by atoms with Crippen LogP contribution >= 0.6 is 0 Å². The van der Waals surface area contributed by atoms with Crippen molar-refractivity contribution in [3.8, 4) is 0 Å². The Bertz CT molecular complexity index is 294. The minimum Gasteiger partial charge on any atom is -0.353 e. The Balaban J connectivity index is -0.000000826. The van der Waals surface area contributed by atoms with Crippen molar-refractivity contribution in [1.29, 1.82) is 0 Å². The molecule has 0 bridgehead atoms. The van der Waals surface area contributed by atoms with Crippen LogP contribution in [0.4, 0.5) is 0 Å². The van der Waals surface area contributed by atoms with Crippen LogP contribution in [0.15, 0.2) is 0 Å². The van der Waals surface area contributed by atoms with Gasteiger partial charge in [0.2, 0.25) is 11.8 Å². The maximum atomic E-state index is 11.8. The quantitative estimate of drug-likeness (QED) is 0.564. The van der Waals surface area contributed by atoms with Crippen molar-refractivity contribution in [2.75, 3.05) is 20.1 Å². The number of carbonyl (C=O) groups is 3. The zero-order valence-electron chi connectivity index (χ0n) is 15.3. The molecule has 2 amide bonds. The summed E-state index contributed by atoms with van der Waals surface area (Å²) in [4.78, 5) is 34.3. The lowest BCUT2D eigenvalue weighted by Gasteiger charge is -2.17. The van der Waals surface area contributed by atoms with Crippen molar-refractivity contribution in [2.45, 2.75) is 66.8 Å². The molecule has 0 saturated heterocycles. The lowest BCUT2D eigenvalue weighted by atomic mass is 10.1. The summed E-state index contributed by atoms with van der Waals surface area (Å²) < 4.78 is 0. The van der Waals surface area contributed by atoms with Gasteiger partial charge in [0.05, 0.1) is 0 Å². The standard InChI is InChI=1S/C12H23N3O3.2C2H6/c1-4-5-11(17)15-10(8-9(2)16)12(18)14-7-6-13-3;2*1-2/h10,13H,4-8H2,1-3H3,(H,14,18)(H,15,17);2*1-2H3. The zero-order chi connectivity index (χ0) is 18.0. The molecule has 6 nitrogen and oxygen atoms in total. The Morgan fingerprint density at radius 3 is 1.95 bits per heavy atom. The molecule has 0 radical (unpaired) electrons. The van der Waals surface area contributed by atoms with Gasteiger partial charge >= 0.3 is 0 Å². The Hall–Kier alpha value is -1.43. The predicted molar refractivity (Wildman–Crippen MR) is 91.8 cm³/mol. The fraction of sp³-hybridized carbons (Fsp3) is 0.812. The number of ketones is 1. The molecule has 0 aromatic heterocycles. The third-order valence-electron chi connectivity index (χ3n) is 2.29. The minimum atomic E-state index is -0.765. The van der Waals surface area contributed by atoms with E-state index in [2.05, 4.69) is 16.0 Å².